The van der Waals surface area contributed by atoms with Crippen LogP contribution in [0.1, 0.15) is 12.8 Å². The van der Waals surface area contributed by atoms with Crippen molar-refractivity contribution in [3.05, 3.63) is 12.7 Å². The van der Waals surface area contributed by atoms with Crippen LogP contribution in [0.4, 0.5) is 10.6 Å². The number of carboxylic acids is 1. The zero-order valence-electron chi connectivity index (χ0n) is 18.1. The minimum Gasteiger partial charge on any atom is -0.480 e. The zero-order chi connectivity index (χ0) is 23.5. The van der Waals surface area contributed by atoms with E-state index in [1.807, 2.05) is 23.6 Å². The number of aryl methyl sites for hydroxylation is 1. The number of aliphatic carboxylic acids is 1. The lowest BCUT2D eigenvalue weighted by Crippen LogP contribution is -2.41. The molecule has 2 aromatic rings. The second-order valence-corrected chi connectivity index (χ2v) is 8.16. The van der Waals surface area contributed by atoms with Crippen LogP contribution in [-0.4, -0.2) is 87.4 Å². The van der Waals surface area contributed by atoms with Gasteiger partial charge in [-0.2, -0.15) is 11.8 Å². The summed E-state index contributed by atoms with van der Waals surface area (Å²) < 4.78 is 7.02. The highest BCUT2D eigenvalue weighted by atomic mass is 32.2. The van der Waals surface area contributed by atoms with Gasteiger partial charge in [0.25, 0.3) is 0 Å². The lowest BCUT2D eigenvalue weighted by atomic mass is 10.1. The SMILES string of the molecule is CN(C)c1ncnc2c1ncn2CCSCCOC(=O)N[C@H](CCCN=C(N)N)C(=O)O. The zero-order valence-corrected chi connectivity index (χ0v) is 18.9. The first kappa shape index (κ1) is 25.0. The molecule has 13 nitrogen and oxygen atoms in total. The Hall–Kier alpha value is -3.29. The smallest absolute Gasteiger partial charge is 0.407 e. The molecule has 0 fully saturated rings. The van der Waals surface area contributed by atoms with E-state index < -0.39 is 18.1 Å². The molecule has 176 valence electrons. The summed E-state index contributed by atoms with van der Waals surface area (Å²) in [7, 11) is 3.80. The normalized spacial score (nSPS) is 11.7. The van der Waals surface area contributed by atoms with E-state index >= 15 is 0 Å². The van der Waals surface area contributed by atoms with E-state index in [9.17, 15) is 14.7 Å². The molecule has 14 heteroatoms. The molecule has 0 spiro atoms. The molecule has 0 unspecified atom stereocenters. The average molecular weight is 468 g/mol. The third-order valence-corrected chi connectivity index (χ3v) is 5.20. The molecule has 2 heterocycles. The number of carbonyl (C=O) groups excluding carboxylic acids is 1. The van der Waals surface area contributed by atoms with Crippen molar-refractivity contribution in [1.82, 2.24) is 24.8 Å². The van der Waals surface area contributed by atoms with Crippen molar-refractivity contribution in [2.75, 3.05) is 43.7 Å². The summed E-state index contributed by atoms with van der Waals surface area (Å²) in [6.45, 7) is 1.14. The molecular weight excluding hydrogens is 438 g/mol. The summed E-state index contributed by atoms with van der Waals surface area (Å²) in [5, 5.41) is 11.5. The highest BCUT2D eigenvalue weighted by Crippen LogP contribution is 2.19. The predicted molar refractivity (Wildman–Crippen MR) is 123 cm³/mol. The van der Waals surface area contributed by atoms with Gasteiger partial charge >= 0.3 is 12.1 Å². The minimum atomic E-state index is -1.14. The number of thioether (sulfide) groups is 1. The summed E-state index contributed by atoms with van der Waals surface area (Å²) >= 11 is 1.60. The number of carbonyl (C=O) groups is 2. The number of guanidine groups is 1. The van der Waals surface area contributed by atoms with Crippen molar-refractivity contribution in [2.24, 2.45) is 16.5 Å². The van der Waals surface area contributed by atoms with Crippen LogP contribution < -0.4 is 21.7 Å². The molecule has 0 saturated carbocycles. The maximum Gasteiger partial charge on any atom is 0.407 e. The van der Waals surface area contributed by atoms with Gasteiger partial charge < -0.3 is 36.1 Å². The van der Waals surface area contributed by atoms with Crippen molar-refractivity contribution >= 4 is 46.8 Å². The van der Waals surface area contributed by atoms with Crippen molar-refractivity contribution in [3.63, 3.8) is 0 Å². The predicted octanol–water partition coefficient (Wildman–Crippen LogP) is -0.141. The Morgan fingerprint density at radius 2 is 2.09 bits per heavy atom. The number of anilines is 1. The molecule has 2 rings (SSSR count). The number of hydrogen-bond acceptors (Lipinski definition) is 9. The summed E-state index contributed by atoms with van der Waals surface area (Å²) in [5.41, 5.74) is 11.9. The summed E-state index contributed by atoms with van der Waals surface area (Å²) in [4.78, 5) is 41.7. The molecule has 0 bridgehead atoms. The van der Waals surface area contributed by atoms with Gasteiger partial charge in [-0.25, -0.2) is 24.5 Å². The lowest BCUT2D eigenvalue weighted by molar-refractivity contribution is -0.139. The third kappa shape index (κ3) is 7.76. The summed E-state index contributed by atoms with van der Waals surface area (Å²) in [5.74, 6) is 0.890. The number of hydrogen-bond donors (Lipinski definition) is 4. The van der Waals surface area contributed by atoms with Gasteiger partial charge in [-0.05, 0) is 12.8 Å². The number of ether oxygens (including phenoxy) is 1. The number of amides is 1. The third-order valence-electron chi connectivity index (χ3n) is 4.28. The van der Waals surface area contributed by atoms with Crippen LogP contribution in [-0.2, 0) is 16.1 Å². The second-order valence-electron chi connectivity index (χ2n) is 6.93. The molecule has 1 atom stereocenters. The molecule has 0 aromatic carbocycles. The number of carboxylic acid groups (broad SMARTS) is 1. The van der Waals surface area contributed by atoms with E-state index in [2.05, 4.69) is 25.3 Å². The molecule has 32 heavy (non-hydrogen) atoms. The number of aliphatic imine (C=N–C) groups is 1. The number of imidazole rings is 1. The Balaban J connectivity index is 1.67. The van der Waals surface area contributed by atoms with Crippen molar-refractivity contribution in [1.29, 1.82) is 0 Å². The van der Waals surface area contributed by atoms with Gasteiger partial charge in [0.1, 0.15) is 19.0 Å². The Morgan fingerprint density at radius 3 is 2.78 bits per heavy atom. The summed E-state index contributed by atoms with van der Waals surface area (Å²) in [6.07, 6.45) is 3.08. The number of fused-ring (bicyclic) bond motifs is 1. The monoisotopic (exact) mass is 467 g/mol. The maximum absolute atomic E-state index is 11.8. The number of alkyl carbamates (subject to hydrolysis) is 1. The molecular formula is C18H29N9O4S. The van der Waals surface area contributed by atoms with Crippen LogP contribution in [0, 0.1) is 0 Å². The van der Waals surface area contributed by atoms with E-state index in [1.165, 1.54) is 6.33 Å². The first-order chi connectivity index (χ1) is 15.3. The Labute approximate surface area is 189 Å². The van der Waals surface area contributed by atoms with Gasteiger partial charge in [0.05, 0.1) is 6.33 Å². The lowest BCUT2D eigenvalue weighted by Gasteiger charge is -2.14. The molecule has 1 amide bonds. The van der Waals surface area contributed by atoms with E-state index in [0.717, 1.165) is 22.7 Å². The fraction of sp³-hybridized carbons (Fsp3) is 0.556. The number of nitrogens with one attached hydrogen (secondary N) is 1. The molecule has 0 radical (unpaired) electrons. The number of aromatic nitrogens is 4. The molecule has 6 N–H and O–H groups in total. The Bertz CT molecular complexity index is 930. The first-order valence-electron chi connectivity index (χ1n) is 9.92. The van der Waals surface area contributed by atoms with Crippen LogP contribution in [0.15, 0.2) is 17.6 Å². The number of rotatable bonds is 13. The topological polar surface area (TPSA) is 187 Å². The maximum atomic E-state index is 11.8. The number of nitrogens with two attached hydrogens (primary N) is 2. The highest BCUT2D eigenvalue weighted by Gasteiger charge is 2.20. The molecule has 0 aliphatic rings. The summed E-state index contributed by atoms with van der Waals surface area (Å²) in [6, 6.07) is -1.06. The molecule has 2 aromatic heterocycles. The number of nitrogens with zero attached hydrogens (tertiary/aromatic N) is 6. The van der Waals surface area contributed by atoms with Gasteiger partial charge in [0.15, 0.2) is 22.9 Å². The van der Waals surface area contributed by atoms with Crippen LogP contribution in [0.5, 0.6) is 0 Å². The van der Waals surface area contributed by atoms with E-state index in [4.69, 9.17) is 16.2 Å². The standard InChI is InChI=1S/C18H29N9O4S/c1-26(2)14-13-15(23-10-22-14)27(11-24-13)6-8-32-9-7-31-18(30)25-12(16(28)29)4-3-5-21-17(19)20/h10-12H,3-9H2,1-2H3,(H,25,30)(H,28,29)(H4,19,20,21)/t12-/m1/s1. The average Bonchev–Trinajstić information content (AvgIpc) is 3.15. The molecule has 0 aliphatic carbocycles. The van der Waals surface area contributed by atoms with Gasteiger partial charge in [0, 0.05) is 38.7 Å². The molecule has 0 saturated heterocycles. The van der Waals surface area contributed by atoms with Crippen LogP contribution >= 0.6 is 11.8 Å². The van der Waals surface area contributed by atoms with Crippen LogP contribution in [0.2, 0.25) is 0 Å². The van der Waals surface area contributed by atoms with Gasteiger partial charge in [0.2, 0.25) is 0 Å². The fourth-order valence-electron chi connectivity index (χ4n) is 2.76. The van der Waals surface area contributed by atoms with E-state index in [0.29, 0.717) is 18.7 Å². The first-order valence-corrected chi connectivity index (χ1v) is 11.1. The molecule has 0 aliphatic heterocycles. The van der Waals surface area contributed by atoms with Crippen LogP contribution in [0.25, 0.3) is 11.2 Å². The highest BCUT2D eigenvalue weighted by molar-refractivity contribution is 7.99. The minimum absolute atomic E-state index is 0.0606. The fourth-order valence-corrected chi connectivity index (χ4v) is 3.49. The van der Waals surface area contributed by atoms with Gasteiger partial charge in [-0.1, -0.05) is 0 Å². The Morgan fingerprint density at radius 1 is 1.31 bits per heavy atom. The van der Waals surface area contributed by atoms with Crippen molar-refractivity contribution < 1.29 is 19.4 Å². The van der Waals surface area contributed by atoms with Crippen molar-refractivity contribution in [2.45, 2.75) is 25.4 Å². The Kier molecular flexibility index (Phi) is 9.78. The second kappa shape index (κ2) is 12.5. The van der Waals surface area contributed by atoms with Crippen LogP contribution in [0.3, 0.4) is 0 Å². The largest absolute Gasteiger partial charge is 0.480 e. The van der Waals surface area contributed by atoms with E-state index in [1.54, 1.807) is 18.1 Å². The van der Waals surface area contributed by atoms with Crippen molar-refractivity contribution in [3.8, 4) is 0 Å². The van der Waals surface area contributed by atoms with Gasteiger partial charge in [-0.15, -0.1) is 0 Å². The quantitative estimate of drug-likeness (QED) is 0.174. The van der Waals surface area contributed by atoms with Gasteiger partial charge in [-0.3, -0.25) is 4.99 Å². The van der Waals surface area contributed by atoms with E-state index in [-0.39, 0.29) is 25.5 Å².